The minimum atomic E-state index is -3.80. The molecule has 0 spiro atoms. The average Bonchev–Trinajstić information content (AvgIpc) is 2.84. The molecular weight excluding hydrogens is 290 g/mol. The number of carboxylic acid groups (broad SMARTS) is 1. The van der Waals surface area contributed by atoms with Crippen LogP contribution in [0.15, 0.2) is 23.1 Å². The molecule has 0 heterocycles. The van der Waals surface area contributed by atoms with Gasteiger partial charge < -0.3 is 5.11 Å². The number of aryl methyl sites for hydroxylation is 2. The van der Waals surface area contributed by atoms with Gasteiger partial charge in [-0.25, -0.2) is 8.42 Å². The fourth-order valence-corrected chi connectivity index (χ4v) is 3.89. The molecule has 0 radical (unpaired) electrons. The second kappa shape index (κ2) is 6.15. The van der Waals surface area contributed by atoms with Crippen molar-refractivity contribution in [2.45, 2.75) is 50.5 Å². The van der Waals surface area contributed by atoms with Crippen molar-refractivity contribution in [2.24, 2.45) is 5.92 Å². The highest BCUT2D eigenvalue weighted by Gasteiger charge is 2.26. The number of rotatable bonds is 6. The van der Waals surface area contributed by atoms with E-state index >= 15 is 0 Å². The monoisotopic (exact) mass is 311 g/mol. The lowest BCUT2D eigenvalue weighted by Crippen LogP contribution is -2.41. The maximum atomic E-state index is 12.4. The summed E-state index contributed by atoms with van der Waals surface area (Å²) in [5, 5.41) is 9.16. The number of sulfonamides is 1. The summed E-state index contributed by atoms with van der Waals surface area (Å²) in [5.41, 5.74) is 2.24. The Labute approximate surface area is 125 Å². The van der Waals surface area contributed by atoms with Crippen LogP contribution in [0.1, 0.15) is 37.8 Å². The summed E-state index contributed by atoms with van der Waals surface area (Å²) in [5.74, 6) is -1.05. The molecule has 2 N–H and O–H groups in total. The quantitative estimate of drug-likeness (QED) is 0.841. The van der Waals surface area contributed by atoms with Crippen molar-refractivity contribution in [3.63, 3.8) is 0 Å². The van der Waals surface area contributed by atoms with Crippen molar-refractivity contribution >= 4 is 16.0 Å². The van der Waals surface area contributed by atoms with E-state index in [2.05, 4.69) is 4.72 Å². The number of hydrogen-bond donors (Lipinski definition) is 2. The van der Waals surface area contributed by atoms with Gasteiger partial charge in [0.15, 0.2) is 0 Å². The van der Waals surface area contributed by atoms with Gasteiger partial charge in [0.2, 0.25) is 10.0 Å². The summed E-state index contributed by atoms with van der Waals surface area (Å²) in [7, 11) is -3.80. The third kappa shape index (κ3) is 3.83. The molecule has 2 rings (SSSR count). The zero-order valence-electron chi connectivity index (χ0n) is 12.3. The average molecular weight is 311 g/mol. The zero-order chi connectivity index (χ0) is 15.6. The van der Waals surface area contributed by atoms with Crippen LogP contribution >= 0.6 is 0 Å². The molecule has 5 nitrogen and oxygen atoms in total. The van der Waals surface area contributed by atoms with Crippen molar-refractivity contribution in [2.75, 3.05) is 0 Å². The lowest BCUT2D eigenvalue weighted by atomic mass is 10.1. The number of hydrogen-bond acceptors (Lipinski definition) is 3. The Bertz CT molecular complexity index is 637. The van der Waals surface area contributed by atoms with Gasteiger partial charge in [0.25, 0.3) is 0 Å². The molecule has 0 bridgehead atoms. The fourth-order valence-electron chi connectivity index (χ4n) is 2.64. The molecular formula is C15H21NO4S. The third-order valence-electron chi connectivity index (χ3n) is 3.68. The van der Waals surface area contributed by atoms with Gasteiger partial charge in [0.05, 0.1) is 4.90 Å². The van der Waals surface area contributed by atoms with Crippen LogP contribution in [0.4, 0.5) is 0 Å². The molecule has 0 aliphatic heterocycles. The minimum Gasteiger partial charge on any atom is -0.480 e. The Kier molecular flexibility index (Phi) is 4.68. The van der Waals surface area contributed by atoms with Gasteiger partial charge >= 0.3 is 5.97 Å². The Balaban J connectivity index is 2.23. The number of nitrogens with one attached hydrogen (secondary N) is 1. The Morgan fingerprint density at radius 2 is 1.95 bits per heavy atom. The van der Waals surface area contributed by atoms with Gasteiger partial charge in [0.1, 0.15) is 6.04 Å². The van der Waals surface area contributed by atoms with E-state index in [1.165, 1.54) is 5.56 Å². The molecule has 0 fully saturated rings. The molecule has 1 aromatic carbocycles. The number of carbonyl (C=O) groups is 1. The van der Waals surface area contributed by atoms with Crippen molar-refractivity contribution in [3.8, 4) is 0 Å². The normalized spacial score (nSPS) is 16.0. The van der Waals surface area contributed by atoms with Gasteiger partial charge in [-0.1, -0.05) is 19.9 Å². The maximum absolute atomic E-state index is 12.4. The van der Waals surface area contributed by atoms with Crippen LogP contribution in [0.25, 0.3) is 0 Å². The molecule has 0 amide bonds. The number of aliphatic carboxylic acids is 1. The van der Waals surface area contributed by atoms with Crippen LogP contribution in [0.2, 0.25) is 0 Å². The maximum Gasteiger partial charge on any atom is 0.321 e. The standard InChI is InChI=1S/C15H21NO4S/c1-10(2)8-14(15(17)18)16-21(19,20)13-7-6-11-4-3-5-12(11)9-13/h6-7,9-10,14,16H,3-5,8H2,1-2H3,(H,17,18)/t14-/m0/s1. The lowest BCUT2D eigenvalue weighted by molar-refractivity contribution is -0.139. The van der Waals surface area contributed by atoms with Gasteiger partial charge in [-0.3, -0.25) is 4.79 Å². The molecule has 6 heteroatoms. The number of benzene rings is 1. The number of fused-ring (bicyclic) bond motifs is 1. The summed E-state index contributed by atoms with van der Waals surface area (Å²) < 4.78 is 27.0. The van der Waals surface area contributed by atoms with Crippen molar-refractivity contribution in [1.82, 2.24) is 4.72 Å². The van der Waals surface area contributed by atoms with Gasteiger partial charge in [0, 0.05) is 0 Å². The van der Waals surface area contributed by atoms with Crippen LogP contribution in [-0.2, 0) is 27.7 Å². The van der Waals surface area contributed by atoms with E-state index in [0.29, 0.717) is 0 Å². The summed E-state index contributed by atoms with van der Waals surface area (Å²) in [4.78, 5) is 11.4. The van der Waals surface area contributed by atoms with Crippen LogP contribution in [-0.4, -0.2) is 25.5 Å². The summed E-state index contributed by atoms with van der Waals surface area (Å²) in [6.07, 6.45) is 3.16. The minimum absolute atomic E-state index is 0.0915. The Morgan fingerprint density at radius 3 is 2.57 bits per heavy atom. The predicted octanol–water partition coefficient (Wildman–Crippen LogP) is 1.95. The first-order valence-corrected chi connectivity index (χ1v) is 8.65. The largest absolute Gasteiger partial charge is 0.480 e. The summed E-state index contributed by atoms with van der Waals surface area (Å²) in [6, 6.07) is 3.96. The van der Waals surface area contributed by atoms with Crippen LogP contribution in [0.3, 0.4) is 0 Å². The van der Waals surface area contributed by atoms with E-state index in [-0.39, 0.29) is 17.2 Å². The van der Waals surface area contributed by atoms with Gasteiger partial charge in [-0.15, -0.1) is 0 Å². The smallest absolute Gasteiger partial charge is 0.321 e. The second-order valence-corrected chi connectivity index (χ2v) is 7.64. The first-order valence-electron chi connectivity index (χ1n) is 7.16. The van der Waals surface area contributed by atoms with Crippen LogP contribution in [0.5, 0.6) is 0 Å². The van der Waals surface area contributed by atoms with Crippen molar-refractivity contribution in [3.05, 3.63) is 29.3 Å². The topological polar surface area (TPSA) is 83.5 Å². The Morgan fingerprint density at radius 1 is 1.29 bits per heavy atom. The fraction of sp³-hybridized carbons (Fsp3) is 0.533. The Hall–Kier alpha value is -1.40. The van der Waals surface area contributed by atoms with Gasteiger partial charge in [-0.05, 0) is 54.9 Å². The van der Waals surface area contributed by atoms with E-state index in [0.717, 1.165) is 24.8 Å². The third-order valence-corrected chi connectivity index (χ3v) is 5.15. The predicted molar refractivity (Wildman–Crippen MR) is 79.7 cm³/mol. The van der Waals surface area contributed by atoms with Crippen molar-refractivity contribution < 1.29 is 18.3 Å². The molecule has 0 saturated heterocycles. The molecule has 1 aliphatic carbocycles. The highest BCUT2D eigenvalue weighted by Crippen LogP contribution is 2.25. The molecule has 1 atom stereocenters. The molecule has 1 aliphatic rings. The second-order valence-electron chi connectivity index (χ2n) is 5.93. The highest BCUT2D eigenvalue weighted by atomic mass is 32.2. The van der Waals surface area contributed by atoms with E-state index in [4.69, 9.17) is 5.11 Å². The first kappa shape index (κ1) is 16.0. The molecule has 1 aromatic rings. The van der Waals surface area contributed by atoms with E-state index in [1.807, 2.05) is 19.9 Å². The molecule has 116 valence electrons. The molecule has 0 aromatic heterocycles. The van der Waals surface area contributed by atoms with E-state index in [1.54, 1.807) is 12.1 Å². The summed E-state index contributed by atoms with van der Waals surface area (Å²) in [6.45, 7) is 3.72. The zero-order valence-corrected chi connectivity index (χ0v) is 13.1. The molecule has 0 saturated carbocycles. The molecule has 0 unspecified atom stereocenters. The SMILES string of the molecule is CC(C)C[C@H](NS(=O)(=O)c1ccc2c(c1)CCC2)C(=O)O. The van der Waals surface area contributed by atoms with Crippen molar-refractivity contribution in [1.29, 1.82) is 0 Å². The lowest BCUT2D eigenvalue weighted by Gasteiger charge is -2.17. The first-order chi connectivity index (χ1) is 9.79. The van der Waals surface area contributed by atoms with E-state index < -0.39 is 22.0 Å². The number of carboxylic acids is 1. The highest BCUT2D eigenvalue weighted by molar-refractivity contribution is 7.89. The summed E-state index contributed by atoms with van der Waals surface area (Å²) >= 11 is 0. The van der Waals surface area contributed by atoms with E-state index in [9.17, 15) is 13.2 Å². The van der Waals surface area contributed by atoms with Gasteiger partial charge in [-0.2, -0.15) is 4.72 Å². The van der Waals surface area contributed by atoms with Crippen LogP contribution < -0.4 is 4.72 Å². The van der Waals surface area contributed by atoms with Crippen LogP contribution in [0, 0.1) is 5.92 Å². The molecule has 21 heavy (non-hydrogen) atoms.